The minimum Gasteiger partial charge on any atom is -0.351 e. The van der Waals surface area contributed by atoms with Crippen molar-refractivity contribution in [1.82, 2.24) is 15.2 Å². The number of amides is 1. The molecule has 0 spiro atoms. The Morgan fingerprint density at radius 1 is 1.10 bits per heavy atom. The van der Waals surface area contributed by atoms with Crippen molar-refractivity contribution in [2.75, 3.05) is 19.6 Å². The van der Waals surface area contributed by atoms with Gasteiger partial charge in [0.2, 0.25) is 0 Å². The first-order valence-electron chi connectivity index (χ1n) is 10.3. The van der Waals surface area contributed by atoms with Crippen molar-refractivity contribution in [3.8, 4) is 6.07 Å². The Morgan fingerprint density at radius 2 is 2.00 bits per heavy atom. The van der Waals surface area contributed by atoms with Crippen molar-refractivity contribution in [2.45, 2.75) is 32.2 Å². The number of nitriles is 1. The van der Waals surface area contributed by atoms with Gasteiger partial charge in [0.25, 0.3) is 5.91 Å². The summed E-state index contributed by atoms with van der Waals surface area (Å²) in [6, 6.07) is 18.1. The normalized spacial score (nSPS) is 13.8. The van der Waals surface area contributed by atoms with Gasteiger partial charge in [-0.2, -0.15) is 5.26 Å². The first-order valence-corrected chi connectivity index (χ1v) is 10.3. The van der Waals surface area contributed by atoms with E-state index in [0.717, 1.165) is 61.8 Å². The number of hydrogen-bond donors (Lipinski definition) is 2. The molecule has 0 fully saturated rings. The molecule has 0 saturated carbocycles. The number of carbonyl (C=O) groups excluding carboxylic acids is 1. The second kappa shape index (κ2) is 8.93. The van der Waals surface area contributed by atoms with E-state index in [1.54, 1.807) is 0 Å². The topological polar surface area (TPSA) is 71.9 Å². The molecule has 0 bridgehead atoms. The molecule has 29 heavy (non-hydrogen) atoms. The van der Waals surface area contributed by atoms with Crippen LogP contribution in [0.1, 0.15) is 46.4 Å². The molecular formula is C24H26N4O. The summed E-state index contributed by atoms with van der Waals surface area (Å²) < 4.78 is 0. The van der Waals surface area contributed by atoms with E-state index in [0.29, 0.717) is 12.2 Å². The van der Waals surface area contributed by atoms with Crippen molar-refractivity contribution in [3.63, 3.8) is 0 Å². The Morgan fingerprint density at radius 3 is 2.86 bits per heavy atom. The third kappa shape index (κ3) is 4.67. The summed E-state index contributed by atoms with van der Waals surface area (Å²) in [7, 11) is 0. The van der Waals surface area contributed by atoms with Crippen LogP contribution in [0, 0.1) is 11.3 Å². The zero-order valence-electron chi connectivity index (χ0n) is 16.6. The lowest BCUT2D eigenvalue weighted by Crippen LogP contribution is -2.31. The molecule has 4 rings (SSSR count). The molecule has 1 aliphatic heterocycles. The lowest BCUT2D eigenvalue weighted by molar-refractivity contribution is 0.0948. The van der Waals surface area contributed by atoms with Gasteiger partial charge in [-0.3, -0.25) is 9.69 Å². The summed E-state index contributed by atoms with van der Waals surface area (Å²) in [5, 5.41) is 13.1. The minimum absolute atomic E-state index is 0.0397. The molecule has 1 aromatic heterocycles. The summed E-state index contributed by atoms with van der Waals surface area (Å²) >= 11 is 0. The summed E-state index contributed by atoms with van der Waals surface area (Å²) in [4.78, 5) is 17.9. The van der Waals surface area contributed by atoms with E-state index in [-0.39, 0.29) is 5.91 Å². The number of rotatable bonds is 7. The predicted molar refractivity (Wildman–Crippen MR) is 115 cm³/mol. The Hall–Kier alpha value is -3.10. The molecule has 2 N–H and O–H groups in total. The number of fused-ring (bicyclic) bond motifs is 2. The molecular weight excluding hydrogens is 360 g/mol. The van der Waals surface area contributed by atoms with E-state index in [9.17, 15) is 4.79 Å². The number of nitrogens with zero attached hydrogens (tertiary/aromatic N) is 2. The monoisotopic (exact) mass is 386 g/mol. The number of aromatic amines is 1. The molecule has 2 aromatic carbocycles. The van der Waals surface area contributed by atoms with E-state index in [1.165, 1.54) is 11.1 Å². The first kappa shape index (κ1) is 19.2. The van der Waals surface area contributed by atoms with Gasteiger partial charge in [-0.25, -0.2) is 0 Å². The summed E-state index contributed by atoms with van der Waals surface area (Å²) in [5.74, 6) is -0.0397. The van der Waals surface area contributed by atoms with E-state index >= 15 is 0 Å². The zero-order chi connectivity index (χ0) is 20.1. The van der Waals surface area contributed by atoms with E-state index in [1.807, 2.05) is 42.5 Å². The van der Waals surface area contributed by atoms with Gasteiger partial charge in [0.1, 0.15) is 5.69 Å². The minimum atomic E-state index is -0.0397. The van der Waals surface area contributed by atoms with Crippen LogP contribution in [0.15, 0.2) is 48.5 Å². The van der Waals surface area contributed by atoms with Crippen molar-refractivity contribution in [1.29, 1.82) is 5.26 Å². The molecule has 148 valence electrons. The van der Waals surface area contributed by atoms with Crippen molar-refractivity contribution < 1.29 is 4.79 Å². The smallest absolute Gasteiger partial charge is 0.267 e. The average Bonchev–Trinajstić information content (AvgIpc) is 3.20. The molecule has 1 aliphatic rings. The summed E-state index contributed by atoms with van der Waals surface area (Å²) in [6.07, 6.45) is 4.25. The van der Waals surface area contributed by atoms with Crippen LogP contribution in [0.3, 0.4) is 0 Å². The van der Waals surface area contributed by atoms with E-state index in [2.05, 4.69) is 27.3 Å². The van der Waals surface area contributed by atoms with Gasteiger partial charge in [-0.1, -0.05) is 30.7 Å². The second-order valence-electron chi connectivity index (χ2n) is 7.71. The lowest BCUT2D eigenvalue weighted by Gasteiger charge is -2.28. The standard InChI is InChI=1S/C24H26N4O/c25-16-18-8-9-19-10-13-28(17-21(19)14-18)12-5-1-4-11-26-24(29)23-15-20-6-2-3-7-22(20)27-23/h2-3,6-9,14-15,27H,1,4-5,10-13,17H2,(H,26,29). The molecule has 0 radical (unpaired) electrons. The fourth-order valence-corrected chi connectivity index (χ4v) is 4.01. The van der Waals surface area contributed by atoms with Gasteiger partial charge in [-0.15, -0.1) is 0 Å². The van der Waals surface area contributed by atoms with Gasteiger partial charge < -0.3 is 10.3 Å². The highest BCUT2D eigenvalue weighted by Crippen LogP contribution is 2.20. The third-order valence-electron chi connectivity index (χ3n) is 5.64. The molecule has 0 atom stereocenters. The van der Waals surface area contributed by atoms with Crippen LogP contribution < -0.4 is 5.32 Å². The van der Waals surface area contributed by atoms with Gasteiger partial charge in [0, 0.05) is 30.5 Å². The number of hydrogen-bond acceptors (Lipinski definition) is 3. The zero-order valence-corrected chi connectivity index (χ0v) is 16.6. The molecule has 0 saturated heterocycles. The molecule has 1 amide bonds. The lowest BCUT2D eigenvalue weighted by atomic mass is 9.97. The predicted octanol–water partition coefficient (Wildman–Crippen LogP) is 4.00. The van der Waals surface area contributed by atoms with Crippen LogP contribution in [-0.2, 0) is 13.0 Å². The van der Waals surface area contributed by atoms with E-state index < -0.39 is 0 Å². The van der Waals surface area contributed by atoms with Gasteiger partial charge >= 0.3 is 0 Å². The molecule has 5 nitrogen and oxygen atoms in total. The number of H-pyrrole nitrogens is 1. The van der Waals surface area contributed by atoms with Crippen LogP contribution in [0.5, 0.6) is 0 Å². The molecule has 0 unspecified atom stereocenters. The van der Waals surface area contributed by atoms with Gasteiger partial charge in [-0.05, 0) is 61.2 Å². The fourth-order valence-electron chi connectivity index (χ4n) is 4.01. The highest BCUT2D eigenvalue weighted by atomic mass is 16.1. The Bertz CT molecular complexity index is 1010. The molecule has 2 heterocycles. The van der Waals surface area contributed by atoms with Crippen LogP contribution in [0.25, 0.3) is 10.9 Å². The van der Waals surface area contributed by atoms with Crippen LogP contribution in [0.2, 0.25) is 0 Å². The van der Waals surface area contributed by atoms with Crippen LogP contribution in [-0.4, -0.2) is 35.4 Å². The first-order chi connectivity index (χ1) is 14.2. The van der Waals surface area contributed by atoms with Crippen molar-refractivity contribution >= 4 is 16.8 Å². The van der Waals surface area contributed by atoms with Crippen LogP contribution in [0.4, 0.5) is 0 Å². The Labute approximate surface area is 171 Å². The number of aromatic nitrogens is 1. The SMILES string of the molecule is N#Cc1ccc2c(c1)CN(CCCCCNC(=O)c1cc3ccccc3[nH]1)CC2. The average molecular weight is 386 g/mol. The summed E-state index contributed by atoms with van der Waals surface area (Å²) in [5.41, 5.74) is 5.02. The number of carbonyl (C=O) groups is 1. The third-order valence-corrected chi connectivity index (χ3v) is 5.64. The highest BCUT2D eigenvalue weighted by Gasteiger charge is 2.16. The fraction of sp³-hybridized carbons (Fsp3) is 0.333. The van der Waals surface area contributed by atoms with E-state index in [4.69, 9.17) is 5.26 Å². The number of unbranched alkanes of at least 4 members (excludes halogenated alkanes) is 2. The van der Waals surface area contributed by atoms with Crippen molar-refractivity contribution in [3.05, 3.63) is 70.9 Å². The summed E-state index contributed by atoms with van der Waals surface area (Å²) in [6.45, 7) is 3.77. The van der Waals surface area contributed by atoms with Crippen molar-refractivity contribution in [2.24, 2.45) is 0 Å². The quantitative estimate of drug-likeness (QED) is 0.603. The maximum atomic E-state index is 12.3. The van der Waals surface area contributed by atoms with Crippen LogP contribution >= 0.6 is 0 Å². The van der Waals surface area contributed by atoms with Gasteiger partial charge in [0.15, 0.2) is 0 Å². The molecule has 3 aromatic rings. The number of para-hydroxylation sites is 1. The molecule has 0 aliphatic carbocycles. The Balaban J connectivity index is 1.16. The largest absolute Gasteiger partial charge is 0.351 e. The number of nitrogens with one attached hydrogen (secondary N) is 2. The Kier molecular flexibility index (Phi) is 5.92. The maximum absolute atomic E-state index is 12.3. The number of benzene rings is 2. The maximum Gasteiger partial charge on any atom is 0.267 e. The second-order valence-corrected chi connectivity index (χ2v) is 7.71. The van der Waals surface area contributed by atoms with Gasteiger partial charge in [0.05, 0.1) is 11.6 Å². The molecule has 5 heteroatoms. The highest BCUT2D eigenvalue weighted by molar-refractivity contribution is 5.97.